The van der Waals surface area contributed by atoms with Crippen LogP contribution in [0, 0.1) is 0 Å². The van der Waals surface area contributed by atoms with Gasteiger partial charge in [0, 0.05) is 23.8 Å². The van der Waals surface area contributed by atoms with Crippen molar-refractivity contribution < 1.29 is 16.8 Å². The third kappa shape index (κ3) is 3.75. The summed E-state index contributed by atoms with van der Waals surface area (Å²) >= 11 is 0. The average molecular weight is 314 g/mol. The van der Waals surface area contributed by atoms with Crippen LogP contribution in [0.1, 0.15) is 5.69 Å². The molecule has 6 nitrogen and oxygen atoms in total. The van der Waals surface area contributed by atoms with Gasteiger partial charge in [-0.1, -0.05) is 6.07 Å². The molecule has 0 saturated carbocycles. The first-order chi connectivity index (χ1) is 9.15. The van der Waals surface area contributed by atoms with Gasteiger partial charge in [-0.15, -0.1) is 0 Å². The summed E-state index contributed by atoms with van der Waals surface area (Å²) in [4.78, 5) is 4.33. The first-order valence-corrected chi connectivity index (χ1v) is 9.36. The Bertz CT molecular complexity index is 858. The summed E-state index contributed by atoms with van der Waals surface area (Å²) in [5.41, 5.74) is 1.25. The van der Waals surface area contributed by atoms with Gasteiger partial charge in [0.1, 0.15) is 9.84 Å². The largest absolute Gasteiger partial charge is 0.253 e. The normalized spacial score (nSPS) is 12.7. The molecule has 108 valence electrons. The summed E-state index contributed by atoms with van der Waals surface area (Å²) < 4.78 is 44.7. The molecule has 0 saturated heterocycles. The van der Waals surface area contributed by atoms with Crippen molar-refractivity contribution in [2.24, 2.45) is 5.14 Å². The van der Waals surface area contributed by atoms with E-state index in [1.54, 1.807) is 18.2 Å². The number of aryl methyl sites for hydroxylation is 1. The fraction of sp³-hybridized carbons (Fsp3) is 0.250. The summed E-state index contributed by atoms with van der Waals surface area (Å²) in [7, 11) is -6.78. The second-order valence-corrected chi connectivity index (χ2v) is 8.40. The number of benzene rings is 1. The van der Waals surface area contributed by atoms with Crippen LogP contribution >= 0.6 is 0 Å². The Balaban J connectivity index is 2.37. The van der Waals surface area contributed by atoms with Crippen molar-refractivity contribution in [3.05, 3.63) is 36.0 Å². The lowest BCUT2D eigenvalue weighted by Gasteiger charge is -2.04. The highest BCUT2D eigenvalue weighted by Crippen LogP contribution is 2.17. The molecule has 0 aliphatic heterocycles. The van der Waals surface area contributed by atoms with E-state index >= 15 is 0 Å². The molecule has 0 atom stereocenters. The molecule has 0 aliphatic carbocycles. The highest BCUT2D eigenvalue weighted by atomic mass is 32.2. The minimum atomic E-state index is -3.74. The van der Waals surface area contributed by atoms with E-state index in [1.165, 1.54) is 18.4 Å². The number of hydrogen-bond donors (Lipinski definition) is 1. The standard InChI is InChI=1S/C12H14N2O4S2/c1-19(15,16)7-6-10-3-2-9-8-11(20(13,17)18)4-5-12(9)14-10/h2-5,8H,6-7H2,1H3,(H2,13,17,18). The molecule has 0 radical (unpaired) electrons. The lowest BCUT2D eigenvalue weighted by Crippen LogP contribution is -2.12. The van der Waals surface area contributed by atoms with Gasteiger partial charge in [0.15, 0.2) is 0 Å². The van der Waals surface area contributed by atoms with Crippen LogP contribution in [0.4, 0.5) is 0 Å². The number of rotatable bonds is 4. The van der Waals surface area contributed by atoms with E-state index in [1.807, 2.05) is 0 Å². The van der Waals surface area contributed by atoms with Gasteiger partial charge in [-0.05, 0) is 24.3 Å². The topological polar surface area (TPSA) is 107 Å². The molecule has 0 fully saturated rings. The molecule has 20 heavy (non-hydrogen) atoms. The number of sulfone groups is 1. The Morgan fingerprint density at radius 3 is 2.40 bits per heavy atom. The van der Waals surface area contributed by atoms with Crippen molar-refractivity contribution >= 4 is 30.8 Å². The van der Waals surface area contributed by atoms with Gasteiger partial charge >= 0.3 is 0 Å². The van der Waals surface area contributed by atoms with Crippen molar-refractivity contribution in [1.29, 1.82) is 0 Å². The van der Waals surface area contributed by atoms with Crippen molar-refractivity contribution in [1.82, 2.24) is 4.98 Å². The third-order valence-corrected chi connectivity index (χ3v) is 4.63. The van der Waals surface area contributed by atoms with E-state index in [-0.39, 0.29) is 10.6 Å². The van der Waals surface area contributed by atoms with Crippen LogP contribution in [0.15, 0.2) is 35.2 Å². The zero-order valence-electron chi connectivity index (χ0n) is 10.8. The number of fused-ring (bicyclic) bond motifs is 1. The van der Waals surface area contributed by atoms with E-state index in [4.69, 9.17) is 5.14 Å². The molecule has 0 unspecified atom stereocenters. The first kappa shape index (κ1) is 14.9. The molecule has 0 amide bonds. The number of nitrogens with zero attached hydrogens (tertiary/aromatic N) is 1. The van der Waals surface area contributed by atoms with Gasteiger partial charge in [-0.25, -0.2) is 22.0 Å². The Labute approximate surface area is 117 Å². The van der Waals surface area contributed by atoms with Crippen molar-refractivity contribution in [2.45, 2.75) is 11.3 Å². The lowest BCUT2D eigenvalue weighted by atomic mass is 10.2. The molecule has 1 aromatic heterocycles. The van der Waals surface area contributed by atoms with E-state index in [0.29, 0.717) is 23.0 Å². The number of primary sulfonamides is 1. The van der Waals surface area contributed by atoms with Crippen molar-refractivity contribution in [3.8, 4) is 0 Å². The van der Waals surface area contributed by atoms with Crippen molar-refractivity contribution in [3.63, 3.8) is 0 Å². The number of sulfonamides is 1. The number of aromatic nitrogens is 1. The van der Waals surface area contributed by atoms with Gasteiger partial charge in [-0.2, -0.15) is 0 Å². The van der Waals surface area contributed by atoms with Crippen molar-refractivity contribution in [2.75, 3.05) is 12.0 Å². The smallest absolute Gasteiger partial charge is 0.238 e. The van der Waals surface area contributed by atoms with E-state index in [2.05, 4.69) is 4.98 Å². The minimum absolute atomic E-state index is 0.0238. The fourth-order valence-corrected chi connectivity index (χ4v) is 2.88. The van der Waals surface area contributed by atoms with Gasteiger partial charge in [0.05, 0.1) is 16.2 Å². The molecule has 2 N–H and O–H groups in total. The third-order valence-electron chi connectivity index (χ3n) is 2.78. The molecule has 1 aromatic carbocycles. The number of hydrogen-bond acceptors (Lipinski definition) is 5. The monoisotopic (exact) mass is 314 g/mol. The summed E-state index contributed by atoms with van der Waals surface area (Å²) in [6, 6.07) is 7.76. The molecular weight excluding hydrogens is 300 g/mol. The second kappa shape index (κ2) is 5.12. The Morgan fingerprint density at radius 2 is 1.80 bits per heavy atom. The van der Waals surface area contributed by atoms with Crippen LogP contribution in [0.5, 0.6) is 0 Å². The second-order valence-electron chi connectivity index (χ2n) is 4.58. The molecule has 8 heteroatoms. The van der Waals surface area contributed by atoms with Crippen LogP contribution < -0.4 is 5.14 Å². The van der Waals surface area contributed by atoms with Gasteiger partial charge in [-0.3, -0.25) is 4.98 Å². The molecule has 0 bridgehead atoms. The summed E-state index contributed by atoms with van der Waals surface area (Å²) in [5.74, 6) is 0.0285. The van der Waals surface area contributed by atoms with Crippen LogP contribution in [0.25, 0.3) is 10.9 Å². The number of pyridine rings is 1. The molecule has 1 heterocycles. The molecule has 0 aliphatic rings. The maximum absolute atomic E-state index is 11.2. The summed E-state index contributed by atoms with van der Waals surface area (Å²) in [6.45, 7) is 0. The predicted octanol–water partition coefficient (Wildman–Crippen LogP) is 0.469. The molecular formula is C12H14N2O4S2. The summed E-state index contributed by atoms with van der Waals surface area (Å²) in [5, 5.41) is 5.70. The Hall–Kier alpha value is -1.51. The Morgan fingerprint density at radius 1 is 1.10 bits per heavy atom. The maximum Gasteiger partial charge on any atom is 0.238 e. The maximum atomic E-state index is 11.2. The zero-order chi connectivity index (χ0) is 15.0. The van der Waals surface area contributed by atoms with Gasteiger partial charge in [0.25, 0.3) is 0 Å². The first-order valence-electron chi connectivity index (χ1n) is 5.75. The molecule has 0 spiro atoms. The zero-order valence-corrected chi connectivity index (χ0v) is 12.4. The number of nitrogens with two attached hydrogens (primary N) is 1. The SMILES string of the molecule is CS(=O)(=O)CCc1ccc2cc(S(N)(=O)=O)ccc2n1. The lowest BCUT2D eigenvalue weighted by molar-refractivity contribution is 0.597. The van der Waals surface area contributed by atoms with Gasteiger partial charge in [0.2, 0.25) is 10.0 Å². The van der Waals surface area contributed by atoms with Gasteiger partial charge < -0.3 is 0 Å². The van der Waals surface area contributed by atoms with Crippen LogP contribution in [0.2, 0.25) is 0 Å². The highest BCUT2D eigenvalue weighted by Gasteiger charge is 2.09. The fourth-order valence-electron chi connectivity index (χ4n) is 1.75. The predicted molar refractivity (Wildman–Crippen MR) is 76.5 cm³/mol. The highest BCUT2D eigenvalue weighted by molar-refractivity contribution is 7.90. The van der Waals surface area contributed by atoms with E-state index in [0.717, 1.165) is 0 Å². The van der Waals surface area contributed by atoms with Crippen LogP contribution in [-0.2, 0) is 26.3 Å². The van der Waals surface area contributed by atoms with E-state index < -0.39 is 19.9 Å². The van der Waals surface area contributed by atoms with E-state index in [9.17, 15) is 16.8 Å². The quantitative estimate of drug-likeness (QED) is 0.882. The summed E-state index contributed by atoms with van der Waals surface area (Å²) in [6.07, 6.45) is 1.50. The van der Waals surface area contributed by atoms with Crippen LogP contribution in [0.3, 0.4) is 0 Å². The minimum Gasteiger partial charge on any atom is -0.253 e. The van der Waals surface area contributed by atoms with Crippen LogP contribution in [-0.4, -0.2) is 33.8 Å². The Kier molecular flexibility index (Phi) is 3.81. The molecule has 2 rings (SSSR count). The molecule has 2 aromatic rings. The average Bonchev–Trinajstić information content (AvgIpc) is 2.33.